The molecule has 0 saturated heterocycles. The third-order valence-electron chi connectivity index (χ3n) is 2.17. The number of carboxylic acid groups (broad SMARTS) is 4. The molecule has 0 saturated carbocycles. The van der Waals surface area contributed by atoms with Crippen LogP contribution in [0.5, 0.6) is 0 Å². The molecule has 0 aliphatic heterocycles. The summed E-state index contributed by atoms with van der Waals surface area (Å²) in [5.74, 6) is -4.91. The Kier molecular flexibility index (Phi) is 22.5. The zero-order valence-electron chi connectivity index (χ0n) is 16.7. The number of rotatable bonds is 11. The second kappa shape index (κ2) is 17.7. The van der Waals surface area contributed by atoms with Crippen LogP contribution in [-0.2, 0) is 29.6 Å². The molecule has 0 radical (unpaired) electrons. The third kappa shape index (κ3) is 33.7. The fraction of sp³-hybridized carbons (Fsp3) is 0.600. The summed E-state index contributed by atoms with van der Waals surface area (Å²) in [6, 6.07) is 0. The van der Waals surface area contributed by atoms with E-state index >= 15 is 0 Å². The molecule has 0 atom stereocenters. The molecular weight excluding hydrogens is 418 g/mol. The molecule has 0 aromatic heterocycles. The number of hydrogen-bond donors (Lipinski definition) is 6. The van der Waals surface area contributed by atoms with Crippen LogP contribution >= 0.6 is 0 Å². The molecule has 0 rings (SSSR count). The van der Waals surface area contributed by atoms with Gasteiger partial charge in [-0.1, -0.05) is 0 Å². The van der Waals surface area contributed by atoms with Gasteiger partial charge in [0.25, 0.3) is 0 Å². The van der Waals surface area contributed by atoms with Crippen LogP contribution in [0.25, 0.3) is 0 Å². The monoisotopic (exact) mass is 438 g/mol. The van der Waals surface area contributed by atoms with E-state index in [0.717, 1.165) is 9.80 Å². The molecule has 0 bridgehead atoms. The fourth-order valence-electron chi connectivity index (χ4n) is 1.48. The van der Waals surface area contributed by atoms with Crippen molar-refractivity contribution in [3.8, 4) is 0 Å². The summed E-state index contributed by atoms with van der Waals surface area (Å²) in [5.41, 5.74) is 0. The average Bonchev–Trinajstić information content (AvgIpc) is 2.30. The van der Waals surface area contributed by atoms with E-state index < -0.39 is 60.5 Å². The summed E-state index contributed by atoms with van der Waals surface area (Å²) in [5, 5.41) is 34.5. The van der Waals surface area contributed by atoms with Gasteiger partial charge in [-0.3, -0.25) is 38.1 Å². The number of carboxylic acids is 4. The molecular formula is C10H20N2Na2O12S. The van der Waals surface area contributed by atoms with Crippen molar-refractivity contribution >= 4 is 34.3 Å². The van der Waals surface area contributed by atoms with E-state index in [1.165, 1.54) is 0 Å². The molecule has 0 aliphatic rings. The van der Waals surface area contributed by atoms with Gasteiger partial charge in [-0.25, -0.2) is 0 Å². The summed E-state index contributed by atoms with van der Waals surface area (Å²) in [6.07, 6.45) is 0. The van der Waals surface area contributed by atoms with E-state index in [2.05, 4.69) is 0 Å². The molecule has 0 amide bonds. The van der Waals surface area contributed by atoms with Gasteiger partial charge in [-0.05, 0) is 0 Å². The topological polar surface area (TPSA) is 230 Å². The van der Waals surface area contributed by atoms with Crippen molar-refractivity contribution in [2.75, 3.05) is 39.3 Å². The van der Waals surface area contributed by atoms with Crippen LogP contribution in [0.15, 0.2) is 0 Å². The number of aliphatic carboxylic acids is 4. The molecule has 0 unspecified atom stereocenters. The maximum absolute atomic E-state index is 10.6. The minimum Gasteiger partial charge on any atom is -1.00 e. The molecule has 0 heterocycles. The quantitative estimate of drug-likeness (QED) is 0.130. The van der Waals surface area contributed by atoms with Crippen molar-refractivity contribution in [1.82, 2.24) is 9.80 Å². The van der Waals surface area contributed by atoms with Crippen LogP contribution in [0.4, 0.5) is 0 Å². The van der Waals surface area contributed by atoms with Crippen molar-refractivity contribution in [2.24, 2.45) is 0 Å². The fourth-order valence-corrected chi connectivity index (χ4v) is 1.48. The van der Waals surface area contributed by atoms with Gasteiger partial charge in [0.2, 0.25) is 0 Å². The second-order valence-corrected chi connectivity index (χ2v) is 5.34. The van der Waals surface area contributed by atoms with Crippen LogP contribution in [0.3, 0.4) is 0 Å². The minimum atomic E-state index is -4.67. The summed E-state index contributed by atoms with van der Waals surface area (Å²) in [4.78, 5) is 44.4. The van der Waals surface area contributed by atoms with Gasteiger partial charge in [0.15, 0.2) is 0 Å². The molecule has 0 aliphatic carbocycles. The van der Waals surface area contributed by atoms with Gasteiger partial charge >= 0.3 is 93.4 Å². The van der Waals surface area contributed by atoms with Gasteiger partial charge < -0.3 is 23.3 Å². The van der Waals surface area contributed by atoms with Crippen LogP contribution in [0, 0.1) is 0 Å². The maximum atomic E-state index is 10.6. The van der Waals surface area contributed by atoms with Crippen LogP contribution in [-0.4, -0.2) is 111 Å². The Balaban J connectivity index is -0.000000131. The van der Waals surface area contributed by atoms with Gasteiger partial charge in [-0.15, -0.1) is 0 Å². The maximum Gasteiger partial charge on any atom is 1.00 e. The molecule has 14 nitrogen and oxygen atoms in total. The second-order valence-electron chi connectivity index (χ2n) is 4.44. The summed E-state index contributed by atoms with van der Waals surface area (Å²) < 4.78 is 31.6. The molecule has 27 heavy (non-hydrogen) atoms. The first-order chi connectivity index (χ1) is 11.2. The van der Waals surface area contributed by atoms with Gasteiger partial charge in [0.05, 0.1) is 26.2 Å². The Bertz CT molecular complexity index is 519. The number of hydrogen-bond acceptors (Lipinski definition) is 8. The number of carbonyl (C=O) groups is 4. The van der Waals surface area contributed by atoms with Crippen molar-refractivity contribution in [3.05, 3.63) is 0 Å². The van der Waals surface area contributed by atoms with E-state index in [0.29, 0.717) is 0 Å². The van der Waals surface area contributed by atoms with E-state index in [1.807, 2.05) is 0 Å². The van der Waals surface area contributed by atoms with E-state index in [4.69, 9.17) is 37.9 Å². The molecule has 0 aromatic rings. The Morgan fingerprint density at radius 3 is 0.889 bits per heavy atom. The van der Waals surface area contributed by atoms with Crippen molar-refractivity contribution < 1.29 is 119 Å². The standard InChI is InChI=1S/C10H16N2O8.2Na.H2O4S.2H/c13-7(14)3-11(4-8(15)16)1-2-12(5-9(17)18)6-10(19)20;;;1-5(2,3)4;;/h1-6H2,(H,13,14)(H,15,16)(H,17,18)(H,19,20);;;(H2,1,2,3,4);;/q;2*+1;;2*-1. The molecule has 6 N–H and O–H groups in total. The minimum absolute atomic E-state index is 0. The van der Waals surface area contributed by atoms with E-state index in [9.17, 15) is 19.2 Å². The number of nitrogens with zero attached hydrogens (tertiary/aromatic N) is 2. The van der Waals surface area contributed by atoms with Gasteiger partial charge in [-0.2, -0.15) is 8.42 Å². The van der Waals surface area contributed by atoms with E-state index in [-0.39, 0.29) is 75.1 Å². The molecule has 17 heteroatoms. The van der Waals surface area contributed by atoms with Crippen molar-refractivity contribution in [1.29, 1.82) is 0 Å². The average molecular weight is 438 g/mol. The van der Waals surface area contributed by atoms with Crippen molar-refractivity contribution in [3.63, 3.8) is 0 Å². The van der Waals surface area contributed by atoms with Crippen molar-refractivity contribution in [2.45, 2.75) is 0 Å². The Hall–Kier alpha value is -0.330. The normalized spacial score (nSPS) is 10.1. The van der Waals surface area contributed by atoms with Crippen LogP contribution in [0.2, 0.25) is 0 Å². The summed E-state index contributed by atoms with van der Waals surface area (Å²) >= 11 is 0. The molecule has 150 valence electrons. The first kappa shape index (κ1) is 34.2. The first-order valence-electron chi connectivity index (χ1n) is 6.22. The van der Waals surface area contributed by atoms with Crippen LogP contribution in [0.1, 0.15) is 2.85 Å². The Labute approximate surface area is 201 Å². The zero-order chi connectivity index (χ0) is 20.2. The predicted molar refractivity (Wildman–Crippen MR) is 79.8 cm³/mol. The Morgan fingerprint density at radius 2 is 0.778 bits per heavy atom. The SMILES string of the molecule is O=C(O)CN(CCN(CC(=O)O)CC(=O)O)CC(=O)O.O=S(=O)(O)O.[H-].[H-].[Na+].[Na+]. The largest absolute Gasteiger partial charge is 1.00 e. The predicted octanol–water partition coefficient (Wildman–Crippen LogP) is -8.49. The van der Waals surface area contributed by atoms with E-state index in [1.54, 1.807) is 0 Å². The molecule has 0 spiro atoms. The Morgan fingerprint density at radius 1 is 0.630 bits per heavy atom. The first-order valence-corrected chi connectivity index (χ1v) is 7.62. The van der Waals surface area contributed by atoms with Crippen LogP contribution < -0.4 is 59.1 Å². The zero-order valence-corrected chi connectivity index (χ0v) is 19.5. The molecule has 0 aromatic carbocycles. The smallest absolute Gasteiger partial charge is 1.00 e. The summed E-state index contributed by atoms with van der Waals surface area (Å²) in [7, 11) is -4.67. The van der Waals surface area contributed by atoms with Gasteiger partial charge in [0, 0.05) is 13.1 Å². The summed E-state index contributed by atoms with van der Waals surface area (Å²) in [6.45, 7) is -2.25. The third-order valence-corrected chi connectivity index (χ3v) is 2.17. The molecule has 0 fully saturated rings. The van der Waals surface area contributed by atoms with Gasteiger partial charge in [0.1, 0.15) is 0 Å².